The number of ether oxygens (including phenoxy) is 2. The van der Waals surface area contributed by atoms with Crippen LogP contribution in [-0.2, 0) is 14.3 Å². The molecular formula is C11H20N2O4. The lowest BCUT2D eigenvalue weighted by Gasteiger charge is -2.27. The van der Waals surface area contributed by atoms with E-state index in [1.54, 1.807) is 6.92 Å². The maximum Gasteiger partial charge on any atom is 0.325 e. The molecule has 2 N–H and O–H groups in total. The molecule has 0 saturated carbocycles. The summed E-state index contributed by atoms with van der Waals surface area (Å²) >= 11 is 0. The molecule has 0 aromatic rings. The Labute approximate surface area is 101 Å². The summed E-state index contributed by atoms with van der Waals surface area (Å²) in [5.74, 6) is -0.428. The minimum absolute atomic E-state index is 0.0988. The monoisotopic (exact) mass is 244 g/mol. The molecule has 1 rings (SSSR count). The lowest BCUT2D eigenvalue weighted by molar-refractivity contribution is -0.141. The molecule has 0 aromatic carbocycles. The molecule has 98 valence electrons. The number of carbonyl (C=O) groups is 2. The molecule has 6 heteroatoms. The van der Waals surface area contributed by atoms with Crippen molar-refractivity contribution in [3.63, 3.8) is 0 Å². The SMILES string of the molecule is CCOC(=O)CNC(=O)NC1CCOC(C)C1. The minimum Gasteiger partial charge on any atom is -0.465 e. The van der Waals surface area contributed by atoms with Gasteiger partial charge in [-0.2, -0.15) is 0 Å². The van der Waals surface area contributed by atoms with Crippen LogP contribution in [0.25, 0.3) is 0 Å². The number of hydrogen-bond acceptors (Lipinski definition) is 4. The summed E-state index contributed by atoms with van der Waals surface area (Å²) in [6, 6.07) is -0.224. The van der Waals surface area contributed by atoms with Gasteiger partial charge >= 0.3 is 12.0 Å². The number of hydrogen-bond donors (Lipinski definition) is 2. The molecule has 1 aliphatic heterocycles. The molecule has 1 aliphatic rings. The quantitative estimate of drug-likeness (QED) is 0.702. The van der Waals surface area contributed by atoms with Crippen molar-refractivity contribution in [2.24, 2.45) is 0 Å². The zero-order valence-electron chi connectivity index (χ0n) is 10.3. The fraction of sp³-hybridized carbons (Fsp3) is 0.818. The molecule has 0 aliphatic carbocycles. The average Bonchev–Trinajstić information content (AvgIpc) is 2.27. The molecule has 0 aromatic heterocycles. The number of esters is 1. The predicted molar refractivity (Wildman–Crippen MR) is 61.6 cm³/mol. The molecule has 17 heavy (non-hydrogen) atoms. The number of nitrogens with one attached hydrogen (secondary N) is 2. The Morgan fingerprint density at radius 1 is 1.47 bits per heavy atom. The number of amides is 2. The second-order valence-electron chi connectivity index (χ2n) is 4.03. The van der Waals surface area contributed by atoms with Crippen LogP contribution in [0, 0.1) is 0 Å². The smallest absolute Gasteiger partial charge is 0.325 e. The van der Waals surface area contributed by atoms with Crippen LogP contribution in [0.5, 0.6) is 0 Å². The third kappa shape index (κ3) is 5.53. The van der Waals surface area contributed by atoms with Gasteiger partial charge in [-0.25, -0.2) is 4.79 Å². The van der Waals surface area contributed by atoms with Crippen molar-refractivity contribution in [1.82, 2.24) is 10.6 Å². The maximum absolute atomic E-state index is 11.5. The summed E-state index contributed by atoms with van der Waals surface area (Å²) < 4.78 is 10.1. The summed E-state index contributed by atoms with van der Waals surface area (Å²) in [5.41, 5.74) is 0. The van der Waals surface area contributed by atoms with Crippen molar-refractivity contribution in [2.45, 2.75) is 38.8 Å². The van der Waals surface area contributed by atoms with Gasteiger partial charge in [0.25, 0.3) is 0 Å². The third-order valence-electron chi connectivity index (χ3n) is 2.52. The van der Waals surface area contributed by atoms with Crippen LogP contribution in [0.1, 0.15) is 26.7 Å². The van der Waals surface area contributed by atoms with Crippen molar-refractivity contribution in [3.8, 4) is 0 Å². The third-order valence-corrected chi connectivity index (χ3v) is 2.52. The van der Waals surface area contributed by atoms with Gasteiger partial charge in [0.05, 0.1) is 12.7 Å². The van der Waals surface area contributed by atoms with Gasteiger partial charge < -0.3 is 20.1 Å². The van der Waals surface area contributed by atoms with E-state index in [0.29, 0.717) is 13.2 Å². The molecule has 2 atom stereocenters. The Morgan fingerprint density at radius 3 is 2.88 bits per heavy atom. The van der Waals surface area contributed by atoms with Crippen molar-refractivity contribution in [2.75, 3.05) is 19.8 Å². The standard InChI is InChI=1S/C11H20N2O4/c1-3-16-10(14)7-12-11(15)13-9-4-5-17-8(2)6-9/h8-9H,3-7H2,1-2H3,(H2,12,13,15). The molecule has 1 fully saturated rings. The van der Waals surface area contributed by atoms with Crippen LogP contribution < -0.4 is 10.6 Å². The van der Waals surface area contributed by atoms with Gasteiger partial charge in [-0.3, -0.25) is 4.79 Å². The normalized spacial score (nSPS) is 23.9. The molecule has 1 saturated heterocycles. The summed E-state index contributed by atoms with van der Waals surface area (Å²) in [6.45, 7) is 4.58. The van der Waals surface area contributed by atoms with Gasteiger partial charge in [-0.1, -0.05) is 0 Å². The van der Waals surface area contributed by atoms with Crippen molar-refractivity contribution in [1.29, 1.82) is 0 Å². The highest BCUT2D eigenvalue weighted by molar-refractivity contribution is 5.80. The summed E-state index contributed by atoms with van der Waals surface area (Å²) in [7, 11) is 0. The van der Waals surface area contributed by atoms with Crippen LogP contribution in [0.2, 0.25) is 0 Å². The largest absolute Gasteiger partial charge is 0.465 e. The van der Waals surface area contributed by atoms with Crippen LogP contribution in [0.15, 0.2) is 0 Å². The maximum atomic E-state index is 11.5. The first-order valence-electron chi connectivity index (χ1n) is 5.93. The first kappa shape index (κ1) is 13.8. The Balaban J connectivity index is 2.18. The zero-order chi connectivity index (χ0) is 12.7. The predicted octanol–water partition coefficient (Wildman–Crippen LogP) is 0.416. The summed E-state index contributed by atoms with van der Waals surface area (Å²) in [4.78, 5) is 22.5. The van der Waals surface area contributed by atoms with E-state index >= 15 is 0 Å². The van der Waals surface area contributed by atoms with E-state index < -0.39 is 5.97 Å². The first-order valence-corrected chi connectivity index (χ1v) is 5.93. The number of rotatable bonds is 4. The molecule has 2 amide bonds. The van der Waals surface area contributed by atoms with E-state index in [2.05, 4.69) is 10.6 Å². The number of urea groups is 1. The first-order chi connectivity index (χ1) is 8.11. The van der Waals surface area contributed by atoms with E-state index in [4.69, 9.17) is 9.47 Å². The van der Waals surface area contributed by atoms with Crippen molar-refractivity contribution in [3.05, 3.63) is 0 Å². The topological polar surface area (TPSA) is 76.7 Å². The van der Waals surface area contributed by atoms with E-state index in [9.17, 15) is 9.59 Å². The zero-order valence-corrected chi connectivity index (χ0v) is 10.3. The van der Waals surface area contributed by atoms with Gasteiger partial charge in [0, 0.05) is 12.6 Å². The summed E-state index contributed by atoms with van der Waals surface area (Å²) in [6.07, 6.45) is 1.77. The highest BCUT2D eigenvalue weighted by Gasteiger charge is 2.20. The van der Waals surface area contributed by atoms with E-state index in [1.165, 1.54) is 0 Å². The van der Waals surface area contributed by atoms with Gasteiger partial charge in [0.1, 0.15) is 6.54 Å². The fourth-order valence-corrected chi connectivity index (χ4v) is 1.73. The lowest BCUT2D eigenvalue weighted by Crippen LogP contribution is -2.47. The van der Waals surface area contributed by atoms with Crippen molar-refractivity contribution < 1.29 is 19.1 Å². The molecule has 1 heterocycles. The molecule has 0 bridgehead atoms. The Hall–Kier alpha value is -1.30. The minimum atomic E-state index is -0.428. The molecular weight excluding hydrogens is 224 g/mol. The van der Waals surface area contributed by atoms with E-state index in [1.807, 2.05) is 6.92 Å². The average molecular weight is 244 g/mol. The van der Waals surface area contributed by atoms with Gasteiger partial charge in [0.15, 0.2) is 0 Å². The second-order valence-corrected chi connectivity index (χ2v) is 4.03. The highest BCUT2D eigenvalue weighted by atomic mass is 16.5. The molecule has 0 spiro atoms. The molecule has 6 nitrogen and oxygen atoms in total. The van der Waals surface area contributed by atoms with Crippen LogP contribution >= 0.6 is 0 Å². The Bertz CT molecular complexity index is 270. The Morgan fingerprint density at radius 2 is 2.24 bits per heavy atom. The van der Waals surface area contributed by atoms with Crippen molar-refractivity contribution >= 4 is 12.0 Å². The molecule has 0 radical (unpaired) electrons. The highest BCUT2D eigenvalue weighted by Crippen LogP contribution is 2.12. The fourth-order valence-electron chi connectivity index (χ4n) is 1.73. The van der Waals surface area contributed by atoms with E-state index in [-0.39, 0.29) is 24.7 Å². The van der Waals surface area contributed by atoms with Crippen LogP contribution in [0.4, 0.5) is 4.79 Å². The second kappa shape index (κ2) is 7.11. The van der Waals surface area contributed by atoms with Crippen LogP contribution in [-0.4, -0.2) is 43.9 Å². The van der Waals surface area contributed by atoms with E-state index in [0.717, 1.165) is 12.8 Å². The molecule has 2 unspecified atom stereocenters. The van der Waals surface area contributed by atoms with Crippen LogP contribution in [0.3, 0.4) is 0 Å². The number of carbonyl (C=O) groups excluding carboxylic acids is 2. The van der Waals surface area contributed by atoms with Gasteiger partial charge in [-0.15, -0.1) is 0 Å². The Kier molecular flexibility index (Phi) is 5.76. The summed E-state index contributed by atoms with van der Waals surface area (Å²) in [5, 5.41) is 5.27. The van der Waals surface area contributed by atoms with Gasteiger partial charge in [-0.05, 0) is 26.7 Å². The van der Waals surface area contributed by atoms with Gasteiger partial charge in [0.2, 0.25) is 0 Å². The lowest BCUT2D eigenvalue weighted by atomic mass is 10.0.